The van der Waals surface area contributed by atoms with E-state index < -0.39 is 8.03 Å². The molecule has 0 aromatic rings. The summed E-state index contributed by atoms with van der Waals surface area (Å²) in [6, 6.07) is 0. The lowest BCUT2D eigenvalue weighted by Crippen LogP contribution is -1.79. The summed E-state index contributed by atoms with van der Waals surface area (Å²) in [5, 5.41) is 0. The Morgan fingerprint density at radius 2 is 2.50 bits per heavy atom. The molecule has 48 valence electrons. The molecule has 0 aliphatic carbocycles. The molecule has 1 atom stereocenters. The third-order valence-corrected chi connectivity index (χ3v) is 2.40. The second kappa shape index (κ2) is 4.50. The number of hydrogen-bond acceptors (Lipinski definition) is 3. The fraction of sp³-hybridized carbons (Fsp3) is 0.667. The fourth-order valence-electron chi connectivity index (χ4n) is 0.193. The minimum atomic E-state index is -2.11. The van der Waals surface area contributed by atoms with Gasteiger partial charge in [0.15, 0.2) is 0 Å². The molecule has 8 heavy (non-hydrogen) atoms. The van der Waals surface area contributed by atoms with Gasteiger partial charge in [0.1, 0.15) is 3.94 Å². The van der Waals surface area contributed by atoms with Crippen LogP contribution in [0.1, 0.15) is 6.92 Å². The second-order valence-electron chi connectivity index (χ2n) is 1.03. The third kappa shape index (κ3) is 3.61. The maximum Gasteiger partial charge on any atom is 0.237 e. The standard InChI is InChI=1S/C3H7O2PS2/c1-2-5-6(4)3(7)8/h6H,2H2,1H3,(H,7,8). The van der Waals surface area contributed by atoms with E-state index in [9.17, 15) is 4.57 Å². The molecule has 0 amide bonds. The Kier molecular flexibility index (Phi) is 4.86. The molecule has 0 spiro atoms. The first-order chi connectivity index (χ1) is 3.68. The molecule has 0 bridgehead atoms. The topological polar surface area (TPSA) is 26.3 Å². The fourth-order valence-corrected chi connectivity index (χ4v) is 0.949. The van der Waals surface area contributed by atoms with Gasteiger partial charge in [-0.05, 0) is 6.92 Å². The van der Waals surface area contributed by atoms with Crippen molar-refractivity contribution in [2.75, 3.05) is 6.61 Å². The van der Waals surface area contributed by atoms with Crippen LogP contribution < -0.4 is 0 Å². The van der Waals surface area contributed by atoms with Crippen LogP contribution >= 0.6 is 32.9 Å². The number of thiocarbonyl (C=S) groups is 1. The van der Waals surface area contributed by atoms with E-state index in [-0.39, 0.29) is 3.94 Å². The third-order valence-electron chi connectivity index (χ3n) is 0.450. The molecule has 0 saturated heterocycles. The van der Waals surface area contributed by atoms with Gasteiger partial charge in [-0.3, -0.25) is 4.57 Å². The van der Waals surface area contributed by atoms with Crippen molar-refractivity contribution in [1.29, 1.82) is 0 Å². The van der Waals surface area contributed by atoms with Crippen LogP contribution in [-0.2, 0) is 9.09 Å². The maximum atomic E-state index is 10.5. The summed E-state index contributed by atoms with van der Waals surface area (Å²) < 4.78 is 15.3. The van der Waals surface area contributed by atoms with E-state index >= 15 is 0 Å². The van der Waals surface area contributed by atoms with Crippen molar-refractivity contribution < 1.29 is 9.09 Å². The van der Waals surface area contributed by atoms with Crippen LogP contribution in [0, 0.1) is 0 Å². The Hall–Kier alpha value is 0.630. The molecule has 0 aliphatic heterocycles. The van der Waals surface area contributed by atoms with Gasteiger partial charge in [0, 0.05) is 0 Å². The molecule has 0 heterocycles. The van der Waals surface area contributed by atoms with Gasteiger partial charge < -0.3 is 4.52 Å². The largest absolute Gasteiger partial charge is 0.327 e. The second-order valence-corrected chi connectivity index (χ2v) is 4.33. The summed E-state index contributed by atoms with van der Waals surface area (Å²) >= 11 is 8.12. The molecule has 1 unspecified atom stereocenters. The van der Waals surface area contributed by atoms with E-state index in [0.29, 0.717) is 6.61 Å². The lowest BCUT2D eigenvalue weighted by atomic mass is 10.9. The summed E-state index contributed by atoms with van der Waals surface area (Å²) in [4.78, 5) is 0. The van der Waals surface area contributed by atoms with Crippen LogP contribution in [0.25, 0.3) is 0 Å². The van der Waals surface area contributed by atoms with Crippen molar-refractivity contribution in [2.45, 2.75) is 6.92 Å². The molecule has 0 saturated carbocycles. The normalized spacial score (nSPS) is 13.2. The van der Waals surface area contributed by atoms with Gasteiger partial charge in [-0.15, -0.1) is 12.6 Å². The molecule has 2 nitrogen and oxygen atoms in total. The number of hydrogen-bond donors (Lipinski definition) is 1. The van der Waals surface area contributed by atoms with Crippen molar-refractivity contribution >= 4 is 36.8 Å². The van der Waals surface area contributed by atoms with E-state index in [0.717, 1.165) is 0 Å². The number of rotatable bonds is 3. The molecule has 0 fully saturated rings. The van der Waals surface area contributed by atoms with E-state index in [1.54, 1.807) is 6.92 Å². The van der Waals surface area contributed by atoms with Gasteiger partial charge in [-0.2, -0.15) is 0 Å². The minimum absolute atomic E-state index is 0.164. The Morgan fingerprint density at radius 3 is 2.62 bits per heavy atom. The Labute approximate surface area is 59.9 Å². The highest BCUT2D eigenvalue weighted by molar-refractivity contribution is 8.24. The predicted octanol–water partition coefficient (Wildman–Crippen LogP) is 1.71. The quantitative estimate of drug-likeness (QED) is 0.397. The Balaban J connectivity index is 3.49. The summed E-state index contributed by atoms with van der Waals surface area (Å²) in [7, 11) is -2.11. The van der Waals surface area contributed by atoms with Gasteiger partial charge in [-0.1, -0.05) is 12.2 Å². The van der Waals surface area contributed by atoms with Crippen molar-refractivity contribution in [3.63, 3.8) is 0 Å². The summed E-state index contributed by atoms with van der Waals surface area (Å²) in [6.45, 7) is 2.19. The molecule has 0 aromatic carbocycles. The van der Waals surface area contributed by atoms with Crippen LogP contribution in [0.5, 0.6) is 0 Å². The van der Waals surface area contributed by atoms with E-state index in [2.05, 4.69) is 29.4 Å². The lowest BCUT2D eigenvalue weighted by Gasteiger charge is -1.94. The average Bonchev–Trinajstić information content (AvgIpc) is 1.67. The predicted molar refractivity (Wildman–Crippen MR) is 42.2 cm³/mol. The lowest BCUT2D eigenvalue weighted by molar-refractivity contribution is 0.359. The van der Waals surface area contributed by atoms with Crippen LogP contribution in [0.15, 0.2) is 0 Å². The Morgan fingerprint density at radius 1 is 2.00 bits per heavy atom. The molecule has 0 aliphatic rings. The van der Waals surface area contributed by atoms with Gasteiger partial charge in [0.2, 0.25) is 8.03 Å². The van der Waals surface area contributed by atoms with Crippen molar-refractivity contribution in [3.05, 3.63) is 0 Å². The van der Waals surface area contributed by atoms with E-state index in [4.69, 9.17) is 0 Å². The molecule has 0 aromatic heterocycles. The first-order valence-corrected chi connectivity index (χ1v) is 4.25. The monoisotopic (exact) mass is 170 g/mol. The van der Waals surface area contributed by atoms with Crippen molar-refractivity contribution in [1.82, 2.24) is 0 Å². The first kappa shape index (κ1) is 8.63. The summed E-state index contributed by atoms with van der Waals surface area (Å²) in [5.41, 5.74) is 0. The van der Waals surface area contributed by atoms with Gasteiger partial charge in [0.05, 0.1) is 6.61 Å². The van der Waals surface area contributed by atoms with Gasteiger partial charge in [-0.25, -0.2) is 0 Å². The average molecular weight is 170 g/mol. The number of thiol groups is 1. The first-order valence-electron chi connectivity index (χ1n) is 2.08. The smallest absolute Gasteiger partial charge is 0.237 e. The SMILES string of the molecule is CCO[PH](=O)C(=S)S. The molecule has 0 N–H and O–H groups in total. The van der Waals surface area contributed by atoms with Crippen molar-refractivity contribution in [3.8, 4) is 0 Å². The molecule has 0 rings (SSSR count). The van der Waals surface area contributed by atoms with Crippen LogP contribution in [0.3, 0.4) is 0 Å². The van der Waals surface area contributed by atoms with Gasteiger partial charge >= 0.3 is 0 Å². The summed E-state index contributed by atoms with van der Waals surface area (Å²) in [6.07, 6.45) is 0. The highest BCUT2D eigenvalue weighted by atomic mass is 32.1. The molecular weight excluding hydrogens is 163 g/mol. The highest BCUT2D eigenvalue weighted by Crippen LogP contribution is 2.25. The summed E-state index contributed by atoms with van der Waals surface area (Å²) in [5.74, 6) is 0. The molecule has 0 radical (unpaired) electrons. The van der Waals surface area contributed by atoms with Crippen LogP contribution in [-0.4, -0.2) is 10.5 Å². The zero-order valence-electron chi connectivity index (χ0n) is 4.38. The van der Waals surface area contributed by atoms with E-state index in [1.165, 1.54) is 0 Å². The Bertz CT molecular complexity index is 114. The van der Waals surface area contributed by atoms with Crippen LogP contribution in [0.2, 0.25) is 0 Å². The maximum absolute atomic E-state index is 10.5. The molecular formula is C3H7O2PS2. The van der Waals surface area contributed by atoms with Crippen molar-refractivity contribution in [2.24, 2.45) is 0 Å². The zero-order chi connectivity index (χ0) is 6.57. The zero-order valence-corrected chi connectivity index (χ0v) is 7.09. The molecule has 5 heteroatoms. The highest BCUT2D eigenvalue weighted by Gasteiger charge is 1.98. The van der Waals surface area contributed by atoms with E-state index in [1.807, 2.05) is 0 Å². The van der Waals surface area contributed by atoms with Crippen LogP contribution in [0.4, 0.5) is 0 Å². The van der Waals surface area contributed by atoms with Gasteiger partial charge in [0.25, 0.3) is 0 Å². The minimum Gasteiger partial charge on any atom is -0.327 e.